The highest BCUT2D eigenvalue weighted by molar-refractivity contribution is 7.89. The molecule has 0 bridgehead atoms. The minimum Gasteiger partial charge on any atom is -0.496 e. The zero-order valence-electron chi connectivity index (χ0n) is 17.9. The zero-order chi connectivity index (χ0) is 21.6. The first-order valence-corrected chi connectivity index (χ1v) is 11.8. The molecule has 0 saturated carbocycles. The molecule has 3 rings (SSSR count). The summed E-state index contributed by atoms with van der Waals surface area (Å²) in [5.41, 5.74) is 0.633. The highest BCUT2D eigenvalue weighted by Gasteiger charge is 2.37. The molecule has 1 fully saturated rings. The van der Waals surface area contributed by atoms with E-state index in [2.05, 4.69) is 18.6 Å². The smallest absolute Gasteiger partial charge is 0.240 e. The monoisotopic (exact) mass is 433 g/mol. The van der Waals surface area contributed by atoms with E-state index in [9.17, 15) is 8.42 Å². The summed E-state index contributed by atoms with van der Waals surface area (Å²) < 4.78 is 45.5. The summed E-state index contributed by atoms with van der Waals surface area (Å²) in [5, 5.41) is 0. The van der Waals surface area contributed by atoms with Crippen LogP contribution in [0.4, 0.5) is 0 Å². The van der Waals surface area contributed by atoms with E-state index in [-0.39, 0.29) is 16.9 Å². The van der Waals surface area contributed by atoms with Crippen LogP contribution in [0.2, 0.25) is 0 Å². The van der Waals surface area contributed by atoms with Gasteiger partial charge in [0.15, 0.2) is 0 Å². The second-order valence-electron chi connectivity index (χ2n) is 8.09. The Morgan fingerprint density at radius 1 is 1.07 bits per heavy atom. The minimum absolute atomic E-state index is 0.224. The fourth-order valence-electron chi connectivity index (χ4n) is 3.68. The van der Waals surface area contributed by atoms with Gasteiger partial charge in [-0.1, -0.05) is 32.0 Å². The molecular weight excluding hydrogens is 402 g/mol. The van der Waals surface area contributed by atoms with E-state index in [1.165, 1.54) is 0 Å². The lowest BCUT2D eigenvalue weighted by Gasteiger charge is -2.38. The van der Waals surface area contributed by atoms with Crippen molar-refractivity contribution in [3.05, 3.63) is 54.1 Å². The van der Waals surface area contributed by atoms with E-state index in [0.717, 1.165) is 24.2 Å². The first-order valence-electron chi connectivity index (χ1n) is 10.3. The minimum atomic E-state index is -3.66. The van der Waals surface area contributed by atoms with Gasteiger partial charge in [-0.25, -0.2) is 13.1 Å². The molecule has 1 heterocycles. The van der Waals surface area contributed by atoms with Gasteiger partial charge in [-0.15, -0.1) is 0 Å². The lowest BCUT2D eigenvalue weighted by molar-refractivity contribution is 0.0509. The predicted octanol–water partition coefficient (Wildman–Crippen LogP) is 3.76. The van der Waals surface area contributed by atoms with Crippen molar-refractivity contribution in [3.8, 4) is 11.5 Å². The highest BCUT2D eigenvalue weighted by atomic mass is 32.2. The average molecular weight is 434 g/mol. The largest absolute Gasteiger partial charge is 0.496 e. The van der Waals surface area contributed by atoms with Crippen molar-refractivity contribution in [2.24, 2.45) is 5.92 Å². The maximum absolute atomic E-state index is 13.0. The molecular formula is C23H31NO5S. The van der Waals surface area contributed by atoms with Crippen LogP contribution >= 0.6 is 0 Å². The quantitative estimate of drug-likeness (QED) is 0.652. The Hall–Kier alpha value is -2.09. The molecule has 164 valence electrons. The van der Waals surface area contributed by atoms with E-state index in [1.54, 1.807) is 31.4 Å². The number of hydrogen-bond acceptors (Lipinski definition) is 5. The van der Waals surface area contributed by atoms with Gasteiger partial charge in [-0.05, 0) is 49.1 Å². The van der Waals surface area contributed by atoms with Crippen LogP contribution in [-0.2, 0) is 20.2 Å². The third-order valence-corrected chi connectivity index (χ3v) is 6.86. The molecule has 1 aliphatic rings. The average Bonchev–Trinajstić information content (AvgIpc) is 2.77. The fourth-order valence-corrected chi connectivity index (χ4v) is 4.81. The molecule has 0 aliphatic carbocycles. The number of para-hydroxylation sites is 1. The van der Waals surface area contributed by atoms with Crippen LogP contribution in [0.3, 0.4) is 0 Å². The Morgan fingerprint density at radius 2 is 1.73 bits per heavy atom. The lowest BCUT2D eigenvalue weighted by Crippen LogP contribution is -2.44. The molecule has 7 heteroatoms. The van der Waals surface area contributed by atoms with Crippen LogP contribution in [-0.4, -0.2) is 41.9 Å². The van der Waals surface area contributed by atoms with Crippen molar-refractivity contribution in [3.63, 3.8) is 0 Å². The molecule has 6 nitrogen and oxygen atoms in total. The second kappa shape index (κ2) is 9.81. The summed E-state index contributed by atoms with van der Waals surface area (Å²) in [4.78, 5) is 0.224. The van der Waals surface area contributed by atoms with Gasteiger partial charge in [0.2, 0.25) is 10.0 Å². The molecule has 0 aromatic heterocycles. The molecule has 2 aromatic carbocycles. The Labute approximate surface area is 179 Å². The molecule has 0 unspecified atom stereocenters. The van der Waals surface area contributed by atoms with E-state index >= 15 is 0 Å². The fraction of sp³-hybridized carbons (Fsp3) is 0.478. The van der Waals surface area contributed by atoms with E-state index in [4.69, 9.17) is 14.2 Å². The Morgan fingerprint density at radius 3 is 2.37 bits per heavy atom. The molecule has 30 heavy (non-hydrogen) atoms. The van der Waals surface area contributed by atoms with Crippen molar-refractivity contribution in [2.45, 2.75) is 37.0 Å². The number of methoxy groups -OCH3 is 1. The number of ether oxygens (including phenoxy) is 3. The van der Waals surface area contributed by atoms with Crippen molar-refractivity contribution >= 4 is 10.0 Å². The molecule has 0 radical (unpaired) electrons. The van der Waals surface area contributed by atoms with Crippen LogP contribution in [0.15, 0.2) is 53.4 Å². The zero-order valence-corrected chi connectivity index (χ0v) is 18.7. The molecule has 1 N–H and O–H groups in total. The Balaban J connectivity index is 1.78. The van der Waals surface area contributed by atoms with Gasteiger partial charge in [0.05, 0.1) is 18.6 Å². The van der Waals surface area contributed by atoms with Crippen molar-refractivity contribution in [1.82, 2.24) is 4.72 Å². The number of nitrogens with one attached hydrogen (secondary N) is 1. The van der Waals surface area contributed by atoms with Crippen LogP contribution in [0.1, 0.15) is 32.3 Å². The Bertz CT molecular complexity index is 919. The maximum atomic E-state index is 13.0. The third kappa shape index (κ3) is 5.33. The van der Waals surface area contributed by atoms with Crippen molar-refractivity contribution in [1.29, 1.82) is 0 Å². The van der Waals surface area contributed by atoms with E-state index in [1.807, 2.05) is 24.3 Å². The van der Waals surface area contributed by atoms with Gasteiger partial charge in [-0.3, -0.25) is 0 Å². The molecule has 0 spiro atoms. The second-order valence-corrected chi connectivity index (χ2v) is 9.86. The summed E-state index contributed by atoms with van der Waals surface area (Å²) in [5.74, 6) is 1.84. The first-order chi connectivity index (χ1) is 14.4. The van der Waals surface area contributed by atoms with Gasteiger partial charge >= 0.3 is 0 Å². The van der Waals surface area contributed by atoms with Gasteiger partial charge < -0.3 is 14.2 Å². The first kappa shape index (κ1) is 22.6. The SMILES string of the molecule is COc1ccccc1C1(CNS(=O)(=O)c2ccc(OCC(C)C)cc2)CCOCC1. The Kier molecular flexibility index (Phi) is 7.39. The number of hydrogen-bond donors (Lipinski definition) is 1. The number of benzene rings is 2. The van der Waals surface area contributed by atoms with Crippen molar-refractivity contribution < 1.29 is 22.6 Å². The maximum Gasteiger partial charge on any atom is 0.240 e. The standard InChI is InChI=1S/C23H31NO5S/c1-18(2)16-29-19-8-10-20(11-9-19)30(25,26)24-17-23(12-14-28-15-13-23)21-6-4-5-7-22(21)27-3/h4-11,18,24H,12-17H2,1-3H3. The molecule has 1 saturated heterocycles. The number of rotatable bonds is 9. The topological polar surface area (TPSA) is 73.9 Å². The summed E-state index contributed by atoms with van der Waals surface area (Å²) >= 11 is 0. The molecule has 2 aromatic rings. The van der Waals surface area contributed by atoms with Gasteiger partial charge in [0.25, 0.3) is 0 Å². The van der Waals surface area contributed by atoms with Gasteiger partial charge in [0.1, 0.15) is 11.5 Å². The summed E-state index contributed by atoms with van der Waals surface area (Å²) in [6.07, 6.45) is 1.44. The van der Waals surface area contributed by atoms with Crippen LogP contribution in [0, 0.1) is 5.92 Å². The molecule has 0 atom stereocenters. The van der Waals surface area contributed by atoms with Crippen LogP contribution < -0.4 is 14.2 Å². The molecule has 1 aliphatic heterocycles. The summed E-state index contributed by atoms with van der Waals surface area (Å²) in [6.45, 7) is 6.18. The highest BCUT2D eigenvalue weighted by Crippen LogP contribution is 2.39. The predicted molar refractivity (Wildman–Crippen MR) is 117 cm³/mol. The number of sulfonamides is 1. The van der Waals surface area contributed by atoms with Gasteiger partial charge in [-0.2, -0.15) is 0 Å². The lowest BCUT2D eigenvalue weighted by atomic mass is 9.74. The summed E-state index contributed by atoms with van der Waals surface area (Å²) in [7, 11) is -2.02. The van der Waals surface area contributed by atoms with Gasteiger partial charge in [0, 0.05) is 30.7 Å². The third-order valence-electron chi connectivity index (χ3n) is 5.45. The van der Waals surface area contributed by atoms with Crippen molar-refractivity contribution in [2.75, 3.05) is 33.5 Å². The molecule has 0 amide bonds. The summed E-state index contributed by atoms with van der Waals surface area (Å²) in [6, 6.07) is 14.4. The normalized spacial score (nSPS) is 16.4. The van der Waals surface area contributed by atoms with E-state index in [0.29, 0.717) is 31.5 Å². The van der Waals surface area contributed by atoms with E-state index < -0.39 is 10.0 Å². The van der Waals surface area contributed by atoms with Crippen LogP contribution in [0.25, 0.3) is 0 Å². The van der Waals surface area contributed by atoms with Crippen LogP contribution in [0.5, 0.6) is 11.5 Å².